The summed E-state index contributed by atoms with van der Waals surface area (Å²) in [4.78, 5) is 36.9. The number of carbonyl (C=O) groups excluding carboxylic acids is 2. The van der Waals surface area contributed by atoms with Crippen molar-refractivity contribution in [3.05, 3.63) is 18.5 Å². The van der Waals surface area contributed by atoms with Crippen molar-refractivity contribution in [1.82, 2.24) is 20.2 Å². The molecule has 2 saturated heterocycles. The summed E-state index contributed by atoms with van der Waals surface area (Å²) in [5, 5.41) is 3.10. The first-order chi connectivity index (χ1) is 12.1. The number of ether oxygens (including phenoxy) is 1. The largest absolute Gasteiger partial charge is 0.468 e. The lowest BCUT2D eigenvalue weighted by molar-refractivity contribution is -0.145. The summed E-state index contributed by atoms with van der Waals surface area (Å²) < 4.78 is 4.82. The van der Waals surface area contributed by atoms with E-state index in [0.29, 0.717) is 13.0 Å². The lowest BCUT2D eigenvalue weighted by Crippen LogP contribution is -2.44. The van der Waals surface area contributed by atoms with E-state index in [1.165, 1.54) is 7.11 Å². The molecule has 1 aromatic rings. The summed E-state index contributed by atoms with van der Waals surface area (Å²) in [6.07, 6.45) is 5.64. The molecule has 1 amide bonds. The highest BCUT2D eigenvalue weighted by Crippen LogP contribution is 2.22. The van der Waals surface area contributed by atoms with Gasteiger partial charge in [-0.15, -0.1) is 0 Å². The van der Waals surface area contributed by atoms with Crippen LogP contribution in [0.2, 0.25) is 0 Å². The number of esters is 1. The molecule has 25 heavy (non-hydrogen) atoms. The number of nitrogens with one attached hydrogen (secondary N) is 1. The third-order valence-corrected chi connectivity index (χ3v) is 5.07. The molecule has 3 rings (SSSR count). The normalized spacial score (nSPS) is 25.0. The molecule has 0 saturated carbocycles. The van der Waals surface area contributed by atoms with Gasteiger partial charge in [0, 0.05) is 44.0 Å². The Hall–Kier alpha value is -2.22. The number of nitrogens with zero attached hydrogens (tertiary/aromatic N) is 4. The highest BCUT2D eigenvalue weighted by molar-refractivity contribution is 5.80. The van der Waals surface area contributed by atoms with Crippen molar-refractivity contribution in [3.8, 4) is 0 Å². The third kappa shape index (κ3) is 4.07. The number of likely N-dealkylation sites (tertiary alicyclic amines) is 1. The molecular formula is C17H25N5O3. The molecule has 0 radical (unpaired) electrons. The van der Waals surface area contributed by atoms with Crippen molar-refractivity contribution in [3.63, 3.8) is 0 Å². The molecule has 2 aliphatic heterocycles. The number of hydrogen-bond donors (Lipinski definition) is 1. The minimum Gasteiger partial charge on any atom is -0.468 e. The molecule has 0 unspecified atom stereocenters. The summed E-state index contributed by atoms with van der Waals surface area (Å²) in [6, 6.07) is 1.52. The Balaban J connectivity index is 1.48. The Labute approximate surface area is 147 Å². The van der Waals surface area contributed by atoms with Crippen LogP contribution in [0.5, 0.6) is 0 Å². The fourth-order valence-corrected chi connectivity index (χ4v) is 3.63. The van der Waals surface area contributed by atoms with E-state index in [-0.39, 0.29) is 29.9 Å². The number of amides is 1. The maximum Gasteiger partial charge on any atom is 0.323 e. The zero-order chi connectivity index (χ0) is 17.8. The van der Waals surface area contributed by atoms with Gasteiger partial charge in [-0.1, -0.05) is 0 Å². The zero-order valence-electron chi connectivity index (χ0n) is 14.7. The summed E-state index contributed by atoms with van der Waals surface area (Å²) in [5.41, 5.74) is 0. The topological polar surface area (TPSA) is 87.7 Å². The van der Waals surface area contributed by atoms with Gasteiger partial charge in [-0.25, -0.2) is 9.97 Å². The average Bonchev–Trinajstić information content (AvgIpc) is 3.02. The smallest absolute Gasteiger partial charge is 0.323 e. The van der Waals surface area contributed by atoms with Gasteiger partial charge in [0.2, 0.25) is 11.9 Å². The first-order valence-corrected chi connectivity index (χ1v) is 8.69. The molecular weight excluding hydrogens is 322 g/mol. The van der Waals surface area contributed by atoms with Gasteiger partial charge in [0.1, 0.15) is 6.04 Å². The number of methoxy groups -OCH3 is 1. The molecule has 8 nitrogen and oxygen atoms in total. The molecule has 0 aromatic carbocycles. The number of carbonyl (C=O) groups is 2. The first-order valence-electron chi connectivity index (χ1n) is 8.69. The van der Waals surface area contributed by atoms with E-state index in [1.54, 1.807) is 18.5 Å². The van der Waals surface area contributed by atoms with Crippen molar-refractivity contribution in [2.75, 3.05) is 38.7 Å². The van der Waals surface area contributed by atoms with Crippen LogP contribution < -0.4 is 10.2 Å². The third-order valence-electron chi connectivity index (χ3n) is 5.07. The van der Waals surface area contributed by atoms with Gasteiger partial charge < -0.3 is 15.0 Å². The van der Waals surface area contributed by atoms with E-state index in [1.807, 2.05) is 11.9 Å². The Bertz CT molecular complexity index is 604. The van der Waals surface area contributed by atoms with Crippen LogP contribution >= 0.6 is 0 Å². The number of hydrogen-bond acceptors (Lipinski definition) is 7. The molecule has 3 heterocycles. The Morgan fingerprint density at radius 2 is 1.92 bits per heavy atom. The predicted molar refractivity (Wildman–Crippen MR) is 92.0 cm³/mol. The highest BCUT2D eigenvalue weighted by Gasteiger charge is 2.37. The minimum absolute atomic E-state index is 0.00226. The molecule has 0 spiro atoms. The molecule has 0 bridgehead atoms. The SMILES string of the molecule is COC(=O)[C@@H]1C[C@@H](NC(=O)C2CCN(c3ncccn3)CC2)CN1C. The van der Waals surface area contributed by atoms with E-state index in [4.69, 9.17) is 4.74 Å². The van der Waals surface area contributed by atoms with Crippen LogP contribution in [0.3, 0.4) is 0 Å². The average molecular weight is 347 g/mol. The van der Waals surface area contributed by atoms with Gasteiger partial charge in [0.15, 0.2) is 0 Å². The summed E-state index contributed by atoms with van der Waals surface area (Å²) in [7, 11) is 3.28. The van der Waals surface area contributed by atoms with Crippen LogP contribution in [0.15, 0.2) is 18.5 Å². The zero-order valence-corrected chi connectivity index (χ0v) is 14.7. The summed E-state index contributed by atoms with van der Waals surface area (Å²) >= 11 is 0. The molecule has 2 aliphatic rings. The molecule has 136 valence electrons. The van der Waals surface area contributed by atoms with Crippen molar-refractivity contribution >= 4 is 17.8 Å². The van der Waals surface area contributed by atoms with E-state index >= 15 is 0 Å². The molecule has 0 aliphatic carbocycles. The Morgan fingerprint density at radius 3 is 2.56 bits per heavy atom. The number of aromatic nitrogens is 2. The second-order valence-corrected chi connectivity index (χ2v) is 6.73. The van der Waals surface area contributed by atoms with Gasteiger partial charge in [-0.3, -0.25) is 14.5 Å². The van der Waals surface area contributed by atoms with Gasteiger partial charge in [-0.2, -0.15) is 0 Å². The molecule has 8 heteroatoms. The molecule has 1 aromatic heterocycles. The quantitative estimate of drug-likeness (QED) is 0.770. The first kappa shape index (κ1) is 17.6. The van der Waals surface area contributed by atoms with Crippen LogP contribution in [-0.4, -0.2) is 72.6 Å². The fraction of sp³-hybridized carbons (Fsp3) is 0.647. The number of anilines is 1. The van der Waals surface area contributed by atoms with Crippen molar-refractivity contribution in [2.45, 2.75) is 31.3 Å². The van der Waals surface area contributed by atoms with Crippen LogP contribution in [0, 0.1) is 5.92 Å². The predicted octanol–water partition coefficient (Wildman–Crippen LogP) is 0.0549. The second-order valence-electron chi connectivity index (χ2n) is 6.73. The number of likely N-dealkylation sites (N-methyl/N-ethyl adjacent to an activating group) is 1. The van der Waals surface area contributed by atoms with Gasteiger partial charge in [-0.05, 0) is 32.4 Å². The standard InChI is InChI=1S/C17H25N5O3/c1-21-11-13(10-14(21)16(24)25-2)20-15(23)12-4-8-22(9-5-12)17-18-6-3-7-19-17/h3,6-7,12-14H,4-5,8-11H2,1-2H3,(H,20,23)/t13-,14+/m1/s1. The van der Waals surface area contributed by atoms with Crippen molar-refractivity contribution in [2.24, 2.45) is 5.92 Å². The Kier molecular flexibility index (Phi) is 5.47. The van der Waals surface area contributed by atoms with Crippen LogP contribution in [-0.2, 0) is 14.3 Å². The molecule has 2 fully saturated rings. The van der Waals surface area contributed by atoms with Crippen LogP contribution in [0.4, 0.5) is 5.95 Å². The van der Waals surface area contributed by atoms with E-state index in [0.717, 1.165) is 31.9 Å². The van der Waals surface area contributed by atoms with Crippen LogP contribution in [0.1, 0.15) is 19.3 Å². The second kappa shape index (κ2) is 7.77. The number of piperidine rings is 1. The van der Waals surface area contributed by atoms with E-state index in [2.05, 4.69) is 20.2 Å². The van der Waals surface area contributed by atoms with E-state index < -0.39 is 0 Å². The Morgan fingerprint density at radius 1 is 1.24 bits per heavy atom. The van der Waals surface area contributed by atoms with Crippen molar-refractivity contribution in [1.29, 1.82) is 0 Å². The van der Waals surface area contributed by atoms with Crippen molar-refractivity contribution < 1.29 is 14.3 Å². The fourth-order valence-electron chi connectivity index (χ4n) is 3.63. The maximum atomic E-state index is 12.6. The molecule has 2 atom stereocenters. The monoisotopic (exact) mass is 347 g/mol. The van der Waals surface area contributed by atoms with Crippen LogP contribution in [0.25, 0.3) is 0 Å². The summed E-state index contributed by atoms with van der Waals surface area (Å²) in [5.74, 6) is 0.565. The maximum absolute atomic E-state index is 12.6. The van der Waals surface area contributed by atoms with Gasteiger partial charge >= 0.3 is 5.97 Å². The van der Waals surface area contributed by atoms with Gasteiger partial charge in [0.25, 0.3) is 0 Å². The minimum atomic E-state index is -0.271. The molecule has 1 N–H and O–H groups in total. The van der Waals surface area contributed by atoms with Gasteiger partial charge in [0.05, 0.1) is 7.11 Å². The lowest BCUT2D eigenvalue weighted by Gasteiger charge is -2.31. The van der Waals surface area contributed by atoms with E-state index in [9.17, 15) is 9.59 Å². The summed E-state index contributed by atoms with van der Waals surface area (Å²) in [6.45, 7) is 2.22. The highest BCUT2D eigenvalue weighted by atomic mass is 16.5. The number of rotatable bonds is 4. The lowest BCUT2D eigenvalue weighted by atomic mass is 9.95.